The van der Waals surface area contributed by atoms with Crippen molar-refractivity contribution < 1.29 is 23.0 Å². The fourth-order valence-electron chi connectivity index (χ4n) is 3.96. The first-order chi connectivity index (χ1) is 15.5. The molecule has 1 saturated heterocycles. The summed E-state index contributed by atoms with van der Waals surface area (Å²) in [5.41, 5.74) is 0.335. The molecule has 1 unspecified atom stereocenters. The van der Waals surface area contributed by atoms with Gasteiger partial charge in [0.05, 0.1) is 43.9 Å². The number of esters is 1. The van der Waals surface area contributed by atoms with Crippen LogP contribution in [0.2, 0.25) is 0 Å². The summed E-state index contributed by atoms with van der Waals surface area (Å²) >= 11 is 0. The number of ether oxygens (including phenoxy) is 2. The molecule has 0 radical (unpaired) electrons. The van der Waals surface area contributed by atoms with E-state index >= 15 is 0 Å². The molecule has 2 heterocycles. The lowest BCUT2D eigenvalue weighted by molar-refractivity contribution is 0.0600. The minimum Gasteiger partial charge on any atom is -0.490 e. The van der Waals surface area contributed by atoms with E-state index < -0.39 is 11.8 Å². The summed E-state index contributed by atoms with van der Waals surface area (Å²) in [6.45, 7) is 5.45. The predicted octanol–water partition coefficient (Wildman–Crippen LogP) is 4.55. The SMILES string of the molecule is CCC(CCF)CN1CCC(COc2cnc(-c3ccc(C(=O)OC)cc3F)nc2)CC1. The molecule has 3 rings (SSSR count). The molecule has 32 heavy (non-hydrogen) atoms. The molecule has 0 saturated carbocycles. The first-order valence-corrected chi connectivity index (χ1v) is 11.1. The van der Waals surface area contributed by atoms with E-state index in [9.17, 15) is 13.6 Å². The third kappa shape index (κ3) is 6.45. The zero-order chi connectivity index (χ0) is 22.9. The Kier molecular flexibility index (Phi) is 8.90. The van der Waals surface area contributed by atoms with Crippen LogP contribution in [0, 0.1) is 17.7 Å². The van der Waals surface area contributed by atoms with Crippen molar-refractivity contribution in [3.8, 4) is 17.1 Å². The van der Waals surface area contributed by atoms with E-state index in [1.807, 2.05) is 0 Å². The van der Waals surface area contributed by atoms with Gasteiger partial charge in [-0.1, -0.05) is 13.3 Å². The topological polar surface area (TPSA) is 64.5 Å². The molecule has 0 N–H and O–H groups in total. The van der Waals surface area contributed by atoms with Crippen molar-refractivity contribution in [1.82, 2.24) is 14.9 Å². The van der Waals surface area contributed by atoms with Crippen LogP contribution in [0.25, 0.3) is 11.4 Å². The third-order valence-corrected chi connectivity index (χ3v) is 6.06. The second kappa shape index (κ2) is 11.9. The van der Waals surface area contributed by atoms with Gasteiger partial charge < -0.3 is 14.4 Å². The van der Waals surface area contributed by atoms with Gasteiger partial charge in [-0.2, -0.15) is 0 Å². The Morgan fingerprint density at radius 1 is 1.25 bits per heavy atom. The molecule has 2 aromatic rings. The molecule has 1 aromatic heterocycles. The Balaban J connectivity index is 1.48. The Morgan fingerprint density at radius 3 is 2.56 bits per heavy atom. The van der Waals surface area contributed by atoms with Gasteiger partial charge in [-0.3, -0.25) is 4.39 Å². The number of piperidine rings is 1. The maximum absolute atomic E-state index is 14.4. The van der Waals surface area contributed by atoms with Crippen molar-refractivity contribution in [2.45, 2.75) is 32.6 Å². The number of methoxy groups -OCH3 is 1. The summed E-state index contributed by atoms with van der Waals surface area (Å²) in [7, 11) is 1.25. The molecular formula is C24H31F2N3O3. The molecule has 0 spiro atoms. The number of nitrogens with zero attached hydrogens (tertiary/aromatic N) is 3. The highest BCUT2D eigenvalue weighted by Crippen LogP contribution is 2.24. The molecule has 6 nitrogen and oxygen atoms in total. The maximum Gasteiger partial charge on any atom is 0.337 e. The van der Waals surface area contributed by atoms with Gasteiger partial charge in [-0.15, -0.1) is 0 Å². The molecule has 0 amide bonds. The van der Waals surface area contributed by atoms with Gasteiger partial charge >= 0.3 is 5.97 Å². The van der Waals surface area contributed by atoms with E-state index in [0.717, 1.165) is 45.0 Å². The number of alkyl halides is 1. The highest BCUT2D eigenvalue weighted by atomic mass is 19.1. The Morgan fingerprint density at radius 2 is 1.97 bits per heavy atom. The van der Waals surface area contributed by atoms with E-state index in [1.54, 1.807) is 0 Å². The number of rotatable bonds is 10. The fourth-order valence-corrected chi connectivity index (χ4v) is 3.96. The van der Waals surface area contributed by atoms with Crippen LogP contribution in [0.5, 0.6) is 5.75 Å². The van der Waals surface area contributed by atoms with Gasteiger partial charge in [0.1, 0.15) is 5.82 Å². The zero-order valence-corrected chi connectivity index (χ0v) is 18.7. The van der Waals surface area contributed by atoms with Crippen LogP contribution < -0.4 is 4.74 Å². The Labute approximate surface area is 188 Å². The van der Waals surface area contributed by atoms with Gasteiger partial charge in [0.25, 0.3) is 0 Å². The number of benzene rings is 1. The fraction of sp³-hybridized carbons (Fsp3) is 0.542. The highest BCUT2D eigenvalue weighted by molar-refractivity contribution is 5.89. The van der Waals surface area contributed by atoms with Crippen molar-refractivity contribution in [3.05, 3.63) is 42.0 Å². The van der Waals surface area contributed by atoms with E-state index in [4.69, 9.17) is 4.74 Å². The zero-order valence-electron chi connectivity index (χ0n) is 18.7. The van der Waals surface area contributed by atoms with Crippen LogP contribution in [0.15, 0.2) is 30.6 Å². The third-order valence-electron chi connectivity index (χ3n) is 6.06. The number of aromatic nitrogens is 2. The molecule has 1 aliphatic rings. The van der Waals surface area contributed by atoms with Crippen molar-refractivity contribution in [2.24, 2.45) is 11.8 Å². The summed E-state index contributed by atoms with van der Waals surface area (Å²) in [5, 5.41) is 0. The molecule has 1 fully saturated rings. The van der Waals surface area contributed by atoms with Gasteiger partial charge in [0.15, 0.2) is 11.6 Å². The standard InChI is InChI=1S/C24H31F2N3O3/c1-3-17(6-9-25)15-29-10-7-18(8-11-29)16-32-20-13-27-23(28-14-20)21-5-4-19(12-22(21)26)24(30)31-2/h4-5,12-14,17-18H,3,6-11,15-16H2,1-2H3. The van der Waals surface area contributed by atoms with Gasteiger partial charge in [-0.05, 0) is 62.4 Å². The van der Waals surface area contributed by atoms with E-state index in [1.165, 1.54) is 31.6 Å². The molecular weight excluding hydrogens is 416 g/mol. The lowest BCUT2D eigenvalue weighted by Gasteiger charge is -2.33. The van der Waals surface area contributed by atoms with Crippen molar-refractivity contribution in [3.63, 3.8) is 0 Å². The monoisotopic (exact) mass is 447 g/mol. The predicted molar refractivity (Wildman–Crippen MR) is 118 cm³/mol. The van der Waals surface area contributed by atoms with Crippen LogP contribution in [0.1, 0.15) is 43.0 Å². The normalized spacial score (nSPS) is 16.0. The molecule has 0 aliphatic carbocycles. The number of hydrogen-bond acceptors (Lipinski definition) is 6. The molecule has 174 valence electrons. The van der Waals surface area contributed by atoms with Gasteiger partial charge in [0, 0.05) is 6.54 Å². The van der Waals surface area contributed by atoms with Crippen LogP contribution in [-0.2, 0) is 4.74 Å². The number of carbonyl (C=O) groups excluding carboxylic acids is 1. The largest absolute Gasteiger partial charge is 0.490 e. The molecule has 1 aromatic carbocycles. The number of likely N-dealkylation sites (tertiary alicyclic amines) is 1. The smallest absolute Gasteiger partial charge is 0.337 e. The summed E-state index contributed by atoms with van der Waals surface area (Å²) < 4.78 is 37.4. The maximum atomic E-state index is 14.4. The van der Waals surface area contributed by atoms with Gasteiger partial charge in [0.2, 0.25) is 0 Å². The quantitative estimate of drug-likeness (QED) is 0.498. The van der Waals surface area contributed by atoms with Crippen LogP contribution in [0.3, 0.4) is 0 Å². The molecule has 1 aliphatic heterocycles. The van der Waals surface area contributed by atoms with E-state index in [0.29, 0.717) is 30.6 Å². The average Bonchev–Trinajstić information content (AvgIpc) is 2.83. The molecule has 0 bridgehead atoms. The summed E-state index contributed by atoms with van der Waals surface area (Å²) in [6.07, 6.45) is 6.82. The van der Waals surface area contributed by atoms with Gasteiger partial charge in [-0.25, -0.2) is 19.2 Å². The first-order valence-electron chi connectivity index (χ1n) is 11.1. The summed E-state index contributed by atoms with van der Waals surface area (Å²) in [6, 6.07) is 4.05. The van der Waals surface area contributed by atoms with E-state index in [-0.39, 0.29) is 23.6 Å². The number of halogens is 2. The highest BCUT2D eigenvalue weighted by Gasteiger charge is 2.22. The second-order valence-corrected chi connectivity index (χ2v) is 8.24. The number of carbonyl (C=O) groups is 1. The minimum absolute atomic E-state index is 0.132. The molecule has 1 atom stereocenters. The van der Waals surface area contributed by atoms with Crippen LogP contribution >= 0.6 is 0 Å². The van der Waals surface area contributed by atoms with Crippen LogP contribution in [0.4, 0.5) is 8.78 Å². The lowest BCUT2D eigenvalue weighted by atomic mass is 9.95. The first kappa shape index (κ1) is 24.0. The minimum atomic E-state index is -0.601. The van der Waals surface area contributed by atoms with Crippen LogP contribution in [-0.4, -0.2) is 60.9 Å². The molecule has 8 heteroatoms. The Hall–Kier alpha value is -2.61. The second-order valence-electron chi connectivity index (χ2n) is 8.24. The van der Waals surface area contributed by atoms with Crippen molar-refractivity contribution >= 4 is 5.97 Å². The summed E-state index contributed by atoms with van der Waals surface area (Å²) in [5.74, 6) is 0.455. The lowest BCUT2D eigenvalue weighted by Crippen LogP contribution is -2.38. The Bertz CT molecular complexity index is 871. The van der Waals surface area contributed by atoms with Crippen molar-refractivity contribution in [1.29, 1.82) is 0 Å². The summed E-state index contributed by atoms with van der Waals surface area (Å²) in [4.78, 5) is 22.4. The van der Waals surface area contributed by atoms with Crippen molar-refractivity contribution in [2.75, 3.05) is 40.0 Å². The average molecular weight is 448 g/mol. The van der Waals surface area contributed by atoms with E-state index in [2.05, 4.69) is 26.5 Å². The number of hydrogen-bond donors (Lipinski definition) is 0.